The molecule has 1 aromatic rings. The van der Waals surface area contributed by atoms with E-state index in [9.17, 15) is 4.79 Å². The zero-order chi connectivity index (χ0) is 11.5. The van der Waals surface area contributed by atoms with E-state index >= 15 is 0 Å². The van der Waals surface area contributed by atoms with Crippen molar-refractivity contribution in [1.82, 2.24) is 9.78 Å². The highest BCUT2D eigenvalue weighted by molar-refractivity contribution is 5.83. The number of carbonyl (C=O) groups is 1. The molecule has 0 bridgehead atoms. The molecule has 0 saturated carbocycles. The molecule has 0 aliphatic heterocycles. The maximum Gasteiger partial charge on any atom is 0.413 e. The lowest BCUT2D eigenvalue weighted by molar-refractivity contribution is 0.0635. The molecule has 0 saturated heterocycles. The summed E-state index contributed by atoms with van der Waals surface area (Å²) in [5.41, 5.74) is -0.489. The van der Waals surface area contributed by atoms with Gasteiger partial charge < -0.3 is 4.74 Å². The van der Waals surface area contributed by atoms with Gasteiger partial charge in [0.15, 0.2) is 5.82 Å². The van der Waals surface area contributed by atoms with Crippen molar-refractivity contribution < 1.29 is 9.53 Å². The second-order valence-corrected chi connectivity index (χ2v) is 4.18. The van der Waals surface area contributed by atoms with E-state index in [1.165, 1.54) is 0 Å². The number of nitrogens with one attached hydrogen (secondary N) is 1. The van der Waals surface area contributed by atoms with Gasteiger partial charge in [0.25, 0.3) is 0 Å². The summed E-state index contributed by atoms with van der Waals surface area (Å²) < 4.78 is 6.81. The molecule has 1 aromatic heterocycles. The quantitative estimate of drug-likeness (QED) is 0.816. The van der Waals surface area contributed by atoms with E-state index in [0.29, 0.717) is 5.82 Å². The van der Waals surface area contributed by atoms with Crippen LogP contribution in [0.4, 0.5) is 10.6 Å². The van der Waals surface area contributed by atoms with Crippen molar-refractivity contribution in [3.63, 3.8) is 0 Å². The summed E-state index contributed by atoms with van der Waals surface area (Å²) in [5, 5.41) is 6.66. The third kappa shape index (κ3) is 4.01. The first-order chi connectivity index (χ1) is 6.90. The number of carbonyl (C=O) groups excluding carboxylic acids is 1. The van der Waals surface area contributed by atoms with Crippen LogP contribution in [0.1, 0.15) is 27.7 Å². The molecule has 1 amide bonds. The molecule has 5 nitrogen and oxygen atoms in total. The Morgan fingerprint density at radius 2 is 2.27 bits per heavy atom. The molecule has 0 spiro atoms. The number of anilines is 1. The summed E-state index contributed by atoms with van der Waals surface area (Å²) in [6, 6.07) is 1.73. The van der Waals surface area contributed by atoms with Crippen molar-refractivity contribution in [2.24, 2.45) is 0 Å². The van der Waals surface area contributed by atoms with Crippen LogP contribution in [0.15, 0.2) is 12.3 Å². The molecule has 1 N–H and O–H groups in total. The summed E-state index contributed by atoms with van der Waals surface area (Å²) >= 11 is 0. The van der Waals surface area contributed by atoms with Crippen LogP contribution in [-0.2, 0) is 11.3 Å². The van der Waals surface area contributed by atoms with E-state index < -0.39 is 11.7 Å². The predicted octanol–water partition coefficient (Wildman–Crippen LogP) is 2.25. The predicted molar refractivity (Wildman–Crippen MR) is 57.8 cm³/mol. The van der Waals surface area contributed by atoms with Crippen LogP contribution in [0, 0.1) is 0 Å². The largest absolute Gasteiger partial charge is 0.444 e. The Hall–Kier alpha value is -1.52. The molecule has 0 atom stereocenters. The van der Waals surface area contributed by atoms with Gasteiger partial charge >= 0.3 is 6.09 Å². The van der Waals surface area contributed by atoms with E-state index in [1.807, 2.05) is 27.7 Å². The summed E-state index contributed by atoms with van der Waals surface area (Å²) in [7, 11) is 0. The fourth-order valence-electron chi connectivity index (χ4n) is 1.01. The van der Waals surface area contributed by atoms with Gasteiger partial charge in [-0.25, -0.2) is 4.79 Å². The molecule has 0 aromatic carbocycles. The average Bonchev–Trinajstić information content (AvgIpc) is 2.48. The first-order valence-electron chi connectivity index (χ1n) is 4.94. The van der Waals surface area contributed by atoms with Gasteiger partial charge in [-0.2, -0.15) is 5.10 Å². The van der Waals surface area contributed by atoms with Crippen LogP contribution in [0.2, 0.25) is 0 Å². The maximum atomic E-state index is 11.3. The molecule has 0 unspecified atom stereocenters. The molecule has 5 heteroatoms. The highest BCUT2D eigenvalue weighted by atomic mass is 16.6. The van der Waals surface area contributed by atoms with Gasteiger partial charge in [0.05, 0.1) is 0 Å². The number of rotatable bonds is 2. The zero-order valence-corrected chi connectivity index (χ0v) is 9.57. The van der Waals surface area contributed by atoms with Crippen molar-refractivity contribution >= 4 is 11.9 Å². The van der Waals surface area contributed by atoms with Crippen LogP contribution in [0.25, 0.3) is 0 Å². The number of hydrogen-bond donors (Lipinski definition) is 1. The number of aromatic nitrogens is 2. The lowest BCUT2D eigenvalue weighted by atomic mass is 10.2. The number of ether oxygens (including phenoxy) is 1. The third-order valence-corrected chi connectivity index (χ3v) is 1.59. The van der Waals surface area contributed by atoms with Gasteiger partial charge in [0.1, 0.15) is 5.60 Å². The van der Waals surface area contributed by atoms with Crippen molar-refractivity contribution in [3.05, 3.63) is 12.3 Å². The van der Waals surface area contributed by atoms with Crippen LogP contribution in [0.5, 0.6) is 0 Å². The minimum atomic E-state index is -0.489. The summed E-state index contributed by atoms with van der Waals surface area (Å²) in [6.45, 7) is 8.20. The molecule has 0 fully saturated rings. The topological polar surface area (TPSA) is 56.2 Å². The van der Waals surface area contributed by atoms with Gasteiger partial charge in [-0.15, -0.1) is 0 Å². The summed E-state index contributed by atoms with van der Waals surface area (Å²) in [4.78, 5) is 11.3. The normalized spacial score (nSPS) is 11.2. The molecule has 1 rings (SSSR count). The second kappa shape index (κ2) is 4.33. The fraction of sp³-hybridized carbons (Fsp3) is 0.600. The van der Waals surface area contributed by atoms with Crippen molar-refractivity contribution in [3.8, 4) is 0 Å². The minimum absolute atomic E-state index is 0.483. The standard InChI is InChI=1S/C10H17N3O2/c1-5-13-7-6-8(12-13)11-9(14)15-10(2,3)4/h6-7H,5H2,1-4H3,(H,11,12,14). The first-order valence-corrected chi connectivity index (χ1v) is 4.94. The van der Waals surface area contributed by atoms with Gasteiger partial charge in [0, 0.05) is 18.8 Å². The summed E-state index contributed by atoms with van der Waals surface area (Å²) in [5.74, 6) is 0.506. The smallest absolute Gasteiger partial charge is 0.413 e. The molecule has 0 aliphatic carbocycles. The molecule has 1 heterocycles. The Kier molecular flexibility index (Phi) is 3.34. The van der Waals surface area contributed by atoms with E-state index in [0.717, 1.165) is 6.54 Å². The Morgan fingerprint density at radius 3 is 2.73 bits per heavy atom. The number of amides is 1. The fourth-order valence-corrected chi connectivity index (χ4v) is 1.01. The van der Waals surface area contributed by atoms with Crippen molar-refractivity contribution in [2.45, 2.75) is 39.8 Å². The van der Waals surface area contributed by atoms with E-state index in [1.54, 1.807) is 16.9 Å². The lowest BCUT2D eigenvalue weighted by Crippen LogP contribution is -2.27. The van der Waals surface area contributed by atoms with Crippen LogP contribution in [-0.4, -0.2) is 21.5 Å². The van der Waals surface area contributed by atoms with Gasteiger partial charge in [-0.3, -0.25) is 10.00 Å². The molecule has 84 valence electrons. The van der Waals surface area contributed by atoms with Gasteiger partial charge in [-0.1, -0.05) is 0 Å². The Balaban J connectivity index is 2.51. The van der Waals surface area contributed by atoms with Crippen LogP contribution < -0.4 is 5.32 Å². The maximum absolute atomic E-state index is 11.3. The van der Waals surface area contributed by atoms with Crippen LogP contribution in [0.3, 0.4) is 0 Å². The van der Waals surface area contributed by atoms with E-state index in [-0.39, 0.29) is 0 Å². The third-order valence-electron chi connectivity index (χ3n) is 1.59. The second-order valence-electron chi connectivity index (χ2n) is 4.18. The number of nitrogens with zero attached hydrogens (tertiary/aromatic N) is 2. The Bertz CT molecular complexity index is 339. The van der Waals surface area contributed by atoms with Crippen molar-refractivity contribution in [2.75, 3.05) is 5.32 Å². The minimum Gasteiger partial charge on any atom is -0.444 e. The van der Waals surface area contributed by atoms with E-state index in [2.05, 4.69) is 10.4 Å². The molecular formula is C10H17N3O2. The van der Waals surface area contributed by atoms with E-state index in [4.69, 9.17) is 4.74 Å². The number of aryl methyl sites for hydroxylation is 1. The SMILES string of the molecule is CCn1ccc(NC(=O)OC(C)(C)C)n1. The number of hydrogen-bond acceptors (Lipinski definition) is 3. The Labute approximate surface area is 89.4 Å². The zero-order valence-electron chi connectivity index (χ0n) is 9.57. The van der Waals surface area contributed by atoms with Gasteiger partial charge in [0.2, 0.25) is 0 Å². The van der Waals surface area contributed by atoms with Crippen LogP contribution >= 0.6 is 0 Å². The summed E-state index contributed by atoms with van der Waals surface area (Å²) in [6.07, 6.45) is 1.32. The highest BCUT2D eigenvalue weighted by Crippen LogP contribution is 2.09. The lowest BCUT2D eigenvalue weighted by Gasteiger charge is -2.18. The molecule has 0 radical (unpaired) electrons. The monoisotopic (exact) mass is 211 g/mol. The molecule has 15 heavy (non-hydrogen) atoms. The average molecular weight is 211 g/mol. The van der Waals surface area contributed by atoms with Gasteiger partial charge in [-0.05, 0) is 27.7 Å². The molecule has 0 aliphatic rings. The first kappa shape index (κ1) is 11.6. The molecular weight excluding hydrogens is 194 g/mol. The Morgan fingerprint density at radius 1 is 1.60 bits per heavy atom. The highest BCUT2D eigenvalue weighted by Gasteiger charge is 2.16. The van der Waals surface area contributed by atoms with Crippen molar-refractivity contribution in [1.29, 1.82) is 0 Å².